The van der Waals surface area contributed by atoms with Gasteiger partial charge in [0.25, 0.3) is 0 Å². The van der Waals surface area contributed by atoms with Gasteiger partial charge in [0.15, 0.2) is 0 Å². The number of hydrogen-bond acceptors (Lipinski definition) is 4. The van der Waals surface area contributed by atoms with E-state index in [1.165, 1.54) is 0 Å². The number of carboxylic acid groups (broad SMARTS) is 1. The van der Waals surface area contributed by atoms with Crippen molar-refractivity contribution in [1.82, 2.24) is 10.3 Å². The van der Waals surface area contributed by atoms with Gasteiger partial charge in [-0.05, 0) is 32.9 Å². The molecule has 0 radical (unpaired) electrons. The van der Waals surface area contributed by atoms with Crippen LogP contribution in [0.5, 0.6) is 0 Å². The van der Waals surface area contributed by atoms with E-state index in [-0.39, 0.29) is 18.9 Å². The molecule has 1 unspecified atom stereocenters. The van der Waals surface area contributed by atoms with Crippen LogP contribution in [-0.4, -0.2) is 34.3 Å². The Morgan fingerprint density at radius 2 is 2.10 bits per heavy atom. The summed E-state index contributed by atoms with van der Waals surface area (Å²) in [7, 11) is 0. The minimum Gasteiger partial charge on any atom is -0.481 e. The molecule has 1 rings (SSSR count). The Morgan fingerprint density at radius 3 is 2.60 bits per heavy atom. The van der Waals surface area contributed by atoms with E-state index < -0.39 is 17.7 Å². The SMILES string of the molecule is CC(C)(C)OC(=O)NCC(CC(=O)O)c1ccccn1. The summed E-state index contributed by atoms with van der Waals surface area (Å²) in [5.41, 5.74) is 0.0446. The van der Waals surface area contributed by atoms with Crippen molar-refractivity contribution in [3.8, 4) is 0 Å². The molecule has 2 N–H and O–H groups in total. The molecular weight excluding hydrogens is 260 g/mol. The number of aliphatic carboxylic acids is 1. The lowest BCUT2D eigenvalue weighted by Crippen LogP contribution is -2.35. The number of aromatic nitrogens is 1. The van der Waals surface area contributed by atoms with Crippen molar-refractivity contribution in [2.24, 2.45) is 0 Å². The van der Waals surface area contributed by atoms with Crippen molar-refractivity contribution in [2.75, 3.05) is 6.54 Å². The number of ether oxygens (including phenoxy) is 1. The minimum absolute atomic E-state index is 0.104. The van der Waals surface area contributed by atoms with Crippen LogP contribution < -0.4 is 5.32 Å². The number of carboxylic acids is 1. The van der Waals surface area contributed by atoms with Crippen molar-refractivity contribution in [1.29, 1.82) is 0 Å². The maximum absolute atomic E-state index is 11.6. The fraction of sp³-hybridized carbons (Fsp3) is 0.500. The minimum atomic E-state index is -0.938. The lowest BCUT2D eigenvalue weighted by Gasteiger charge is -2.21. The highest BCUT2D eigenvalue weighted by molar-refractivity contribution is 5.69. The molecule has 0 spiro atoms. The summed E-state index contributed by atoms with van der Waals surface area (Å²) < 4.78 is 5.11. The zero-order valence-corrected chi connectivity index (χ0v) is 11.9. The predicted octanol–water partition coefficient (Wildman–Crippen LogP) is 2.16. The van der Waals surface area contributed by atoms with Gasteiger partial charge in [-0.15, -0.1) is 0 Å². The number of rotatable bonds is 5. The molecule has 0 aliphatic heterocycles. The first-order valence-electron chi connectivity index (χ1n) is 6.37. The Bertz CT molecular complexity index is 454. The third kappa shape index (κ3) is 6.17. The third-order valence-electron chi connectivity index (χ3n) is 2.42. The standard InChI is InChI=1S/C14H20N2O4/c1-14(2,3)20-13(19)16-9-10(8-12(17)18)11-6-4-5-7-15-11/h4-7,10H,8-9H2,1-3H3,(H,16,19)(H,17,18). The molecule has 0 bridgehead atoms. The van der Waals surface area contributed by atoms with Crippen molar-refractivity contribution in [3.63, 3.8) is 0 Å². The maximum atomic E-state index is 11.6. The number of amides is 1. The van der Waals surface area contributed by atoms with Gasteiger partial charge in [-0.2, -0.15) is 0 Å². The summed E-state index contributed by atoms with van der Waals surface area (Å²) in [6.45, 7) is 5.46. The van der Waals surface area contributed by atoms with E-state index in [2.05, 4.69) is 10.3 Å². The molecule has 1 atom stereocenters. The van der Waals surface area contributed by atoms with Gasteiger partial charge in [-0.3, -0.25) is 9.78 Å². The molecule has 1 heterocycles. The van der Waals surface area contributed by atoms with Crippen LogP contribution in [0.2, 0.25) is 0 Å². The van der Waals surface area contributed by atoms with Gasteiger partial charge in [0.1, 0.15) is 5.60 Å². The lowest BCUT2D eigenvalue weighted by molar-refractivity contribution is -0.137. The molecule has 1 aromatic rings. The average Bonchev–Trinajstić information content (AvgIpc) is 2.33. The Labute approximate surface area is 118 Å². The van der Waals surface area contributed by atoms with Gasteiger partial charge in [-0.25, -0.2) is 4.79 Å². The van der Waals surface area contributed by atoms with Crippen LogP contribution >= 0.6 is 0 Å². The first-order valence-corrected chi connectivity index (χ1v) is 6.37. The van der Waals surface area contributed by atoms with Crippen molar-refractivity contribution < 1.29 is 19.4 Å². The molecule has 1 amide bonds. The topological polar surface area (TPSA) is 88.5 Å². The summed E-state index contributed by atoms with van der Waals surface area (Å²) in [4.78, 5) is 26.6. The summed E-state index contributed by atoms with van der Waals surface area (Å²) in [6, 6.07) is 5.28. The van der Waals surface area contributed by atoms with Crippen LogP contribution in [0, 0.1) is 0 Å². The molecule has 1 aromatic heterocycles. The number of carbonyl (C=O) groups is 2. The van der Waals surface area contributed by atoms with E-state index in [4.69, 9.17) is 9.84 Å². The second-order valence-electron chi connectivity index (χ2n) is 5.43. The molecule has 0 aliphatic rings. The lowest BCUT2D eigenvalue weighted by atomic mass is 10.0. The van der Waals surface area contributed by atoms with Gasteiger partial charge >= 0.3 is 12.1 Å². The van der Waals surface area contributed by atoms with Gasteiger partial charge < -0.3 is 15.2 Å². The Morgan fingerprint density at radius 1 is 1.40 bits per heavy atom. The number of hydrogen-bond donors (Lipinski definition) is 2. The van der Waals surface area contributed by atoms with Gasteiger partial charge in [0.05, 0.1) is 6.42 Å². The number of carbonyl (C=O) groups excluding carboxylic acids is 1. The smallest absolute Gasteiger partial charge is 0.407 e. The van der Waals surface area contributed by atoms with E-state index in [1.807, 2.05) is 0 Å². The molecule has 0 saturated heterocycles. The van der Waals surface area contributed by atoms with E-state index in [0.717, 1.165) is 0 Å². The highest BCUT2D eigenvalue weighted by atomic mass is 16.6. The zero-order chi connectivity index (χ0) is 15.2. The first kappa shape index (κ1) is 15.9. The summed E-state index contributed by atoms with van der Waals surface area (Å²) >= 11 is 0. The van der Waals surface area contributed by atoms with Crippen LogP contribution in [0.4, 0.5) is 4.79 Å². The molecule has 20 heavy (non-hydrogen) atoms. The van der Waals surface area contributed by atoms with E-state index >= 15 is 0 Å². The van der Waals surface area contributed by atoms with Crippen molar-refractivity contribution in [2.45, 2.75) is 38.7 Å². The quantitative estimate of drug-likeness (QED) is 0.862. The Balaban J connectivity index is 2.63. The highest BCUT2D eigenvalue weighted by Crippen LogP contribution is 2.16. The normalized spacial score (nSPS) is 12.6. The summed E-state index contributed by atoms with van der Waals surface area (Å²) in [5.74, 6) is -1.33. The molecule has 0 aliphatic carbocycles. The van der Waals surface area contributed by atoms with Gasteiger partial charge in [0, 0.05) is 24.4 Å². The number of pyridine rings is 1. The van der Waals surface area contributed by atoms with Crippen LogP contribution in [0.1, 0.15) is 38.8 Å². The molecule has 110 valence electrons. The molecule has 6 heteroatoms. The summed E-state index contributed by atoms with van der Waals surface area (Å²) in [5, 5.41) is 11.5. The molecule has 6 nitrogen and oxygen atoms in total. The number of alkyl carbamates (subject to hydrolysis) is 1. The van der Waals surface area contributed by atoms with Gasteiger partial charge in [0.2, 0.25) is 0 Å². The molecule has 0 aromatic carbocycles. The fourth-order valence-corrected chi connectivity index (χ4v) is 1.63. The Kier molecular flexibility index (Phi) is 5.49. The van der Waals surface area contributed by atoms with Crippen LogP contribution in [0.15, 0.2) is 24.4 Å². The monoisotopic (exact) mass is 280 g/mol. The van der Waals surface area contributed by atoms with Crippen molar-refractivity contribution in [3.05, 3.63) is 30.1 Å². The van der Waals surface area contributed by atoms with Crippen LogP contribution in [-0.2, 0) is 9.53 Å². The third-order valence-corrected chi connectivity index (χ3v) is 2.42. The van der Waals surface area contributed by atoms with E-state index in [9.17, 15) is 9.59 Å². The van der Waals surface area contributed by atoms with E-state index in [0.29, 0.717) is 5.69 Å². The Hall–Kier alpha value is -2.11. The average molecular weight is 280 g/mol. The second-order valence-corrected chi connectivity index (χ2v) is 5.43. The van der Waals surface area contributed by atoms with Crippen LogP contribution in [0.3, 0.4) is 0 Å². The molecule has 0 fully saturated rings. The molecular formula is C14H20N2O4. The largest absolute Gasteiger partial charge is 0.481 e. The van der Waals surface area contributed by atoms with Crippen LogP contribution in [0.25, 0.3) is 0 Å². The predicted molar refractivity (Wildman–Crippen MR) is 73.5 cm³/mol. The summed E-state index contributed by atoms with van der Waals surface area (Å²) in [6.07, 6.45) is 0.925. The highest BCUT2D eigenvalue weighted by Gasteiger charge is 2.20. The second kappa shape index (κ2) is 6.88. The molecule has 0 saturated carbocycles. The van der Waals surface area contributed by atoms with Crippen molar-refractivity contribution >= 4 is 12.1 Å². The number of nitrogens with one attached hydrogen (secondary N) is 1. The van der Waals surface area contributed by atoms with Gasteiger partial charge in [-0.1, -0.05) is 6.07 Å². The first-order chi connectivity index (χ1) is 9.28. The fourth-order valence-electron chi connectivity index (χ4n) is 1.63. The maximum Gasteiger partial charge on any atom is 0.407 e. The number of nitrogens with zero attached hydrogens (tertiary/aromatic N) is 1. The zero-order valence-electron chi connectivity index (χ0n) is 11.9. The van der Waals surface area contributed by atoms with E-state index in [1.54, 1.807) is 45.2 Å².